The first-order chi connectivity index (χ1) is 6.15. The average molecular weight is 176 g/mol. The van der Waals surface area contributed by atoms with E-state index in [1.807, 2.05) is 38.1 Å². The molecule has 0 bridgehead atoms. The van der Waals surface area contributed by atoms with Crippen molar-refractivity contribution in [1.82, 2.24) is 0 Å². The monoisotopic (exact) mass is 176 g/mol. The Balaban J connectivity index is 2.82. The van der Waals surface area contributed by atoms with Crippen LogP contribution in [0.3, 0.4) is 0 Å². The maximum atomic E-state index is 9.81. The van der Waals surface area contributed by atoms with Crippen molar-refractivity contribution >= 4 is 0 Å². The van der Waals surface area contributed by atoms with Crippen molar-refractivity contribution in [3.05, 3.63) is 48.0 Å². The molecular weight excluding hydrogens is 160 g/mol. The van der Waals surface area contributed by atoms with E-state index in [-0.39, 0.29) is 5.92 Å². The van der Waals surface area contributed by atoms with Gasteiger partial charge in [0.05, 0.1) is 6.10 Å². The van der Waals surface area contributed by atoms with Crippen molar-refractivity contribution in [2.75, 3.05) is 0 Å². The van der Waals surface area contributed by atoms with Gasteiger partial charge in [0.1, 0.15) is 0 Å². The molecule has 0 saturated carbocycles. The minimum Gasteiger partial charge on any atom is -0.388 e. The summed E-state index contributed by atoms with van der Waals surface area (Å²) in [6.45, 7) is 7.66. The third kappa shape index (κ3) is 2.43. The van der Waals surface area contributed by atoms with E-state index >= 15 is 0 Å². The first-order valence-corrected chi connectivity index (χ1v) is 4.52. The number of aliphatic hydroxyl groups excluding tert-OH is 1. The number of aliphatic hydroxyl groups is 1. The van der Waals surface area contributed by atoms with Gasteiger partial charge in [-0.05, 0) is 12.5 Å². The lowest BCUT2D eigenvalue weighted by molar-refractivity contribution is 0.140. The summed E-state index contributed by atoms with van der Waals surface area (Å²) >= 11 is 0. The Bertz CT molecular complexity index is 274. The molecule has 0 amide bonds. The standard InChI is InChI=1S/C12H16O/c1-4-10(3)12(13)11-7-5-9(2)6-8-11/h4-8,10,12-13H,1H2,2-3H3/t10-,12+/m1/s1. The third-order valence-electron chi connectivity index (χ3n) is 2.29. The Hall–Kier alpha value is -1.08. The van der Waals surface area contributed by atoms with Crippen molar-refractivity contribution < 1.29 is 5.11 Å². The number of benzene rings is 1. The third-order valence-corrected chi connectivity index (χ3v) is 2.29. The summed E-state index contributed by atoms with van der Waals surface area (Å²) in [5, 5.41) is 9.81. The predicted molar refractivity (Wildman–Crippen MR) is 55.5 cm³/mol. The van der Waals surface area contributed by atoms with Gasteiger partial charge < -0.3 is 5.11 Å². The molecule has 0 saturated heterocycles. The Morgan fingerprint density at radius 1 is 1.31 bits per heavy atom. The molecule has 0 unspecified atom stereocenters. The Kier molecular flexibility index (Phi) is 3.26. The molecule has 13 heavy (non-hydrogen) atoms. The SMILES string of the molecule is C=C[C@@H](C)[C@H](O)c1ccc(C)cc1. The molecule has 1 heteroatoms. The number of aryl methyl sites for hydroxylation is 1. The Morgan fingerprint density at radius 2 is 1.85 bits per heavy atom. The molecule has 0 radical (unpaired) electrons. The molecule has 1 aromatic carbocycles. The maximum Gasteiger partial charge on any atom is 0.0849 e. The van der Waals surface area contributed by atoms with Crippen LogP contribution in [-0.2, 0) is 0 Å². The van der Waals surface area contributed by atoms with Crippen LogP contribution >= 0.6 is 0 Å². The summed E-state index contributed by atoms with van der Waals surface area (Å²) in [4.78, 5) is 0. The van der Waals surface area contributed by atoms with Crippen LogP contribution in [0.2, 0.25) is 0 Å². The van der Waals surface area contributed by atoms with Crippen molar-refractivity contribution in [2.24, 2.45) is 5.92 Å². The lowest BCUT2D eigenvalue weighted by atomic mass is 9.97. The number of hydrogen-bond acceptors (Lipinski definition) is 1. The zero-order valence-corrected chi connectivity index (χ0v) is 8.20. The molecule has 0 aromatic heterocycles. The first-order valence-electron chi connectivity index (χ1n) is 4.52. The van der Waals surface area contributed by atoms with E-state index in [1.54, 1.807) is 6.08 Å². The van der Waals surface area contributed by atoms with Crippen molar-refractivity contribution in [3.63, 3.8) is 0 Å². The fraction of sp³-hybridized carbons (Fsp3) is 0.333. The lowest BCUT2D eigenvalue weighted by Gasteiger charge is -2.15. The van der Waals surface area contributed by atoms with Gasteiger partial charge in [0.15, 0.2) is 0 Å². The Labute approximate surface area is 79.7 Å². The van der Waals surface area contributed by atoms with Gasteiger partial charge in [-0.2, -0.15) is 0 Å². The minimum absolute atomic E-state index is 0.0997. The predicted octanol–water partition coefficient (Wildman–Crippen LogP) is 2.85. The van der Waals surface area contributed by atoms with E-state index in [9.17, 15) is 5.11 Å². The summed E-state index contributed by atoms with van der Waals surface area (Å²) in [7, 11) is 0. The van der Waals surface area contributed by atoms with Gasteiger partial charge >= 0.3 is 0 Å². The van der Waals surface area contributed by atoms with Gasteiger partial charge in [-0.25, -0.2) is 0 Å². The van der Waals surface area contributed by atoms with Crippen LogP contribution in [0.5, 0.6) is 0 Å². The second-order valence-corrected chi connectivity index (χ2v) is 3.45. The van der Waals surface area contributed by atoms with Crippen LogP contribution in [0.25, 0.3) is 0 Å². The van der Waals surface area contributed by atoms with E-state index in [4.69, 9.17) is 0 Å². The summed E-state index contributed by atoms with van der Waals surface area (Å²) in [6.07, 6.45) is 1.34. The van der Waals surface area contributed by atoms with Gasteiger partial charge in [0.2, 0.25) is 0 Å². The van der Waals surface area contributed by atoms with Crippen LogP contribution in [-0.4, -0.2) is 5.11 Å². The molecule has 0 aliphatic heterocycles. The molecule has 0 aliphatic rings. The fourth-order valence-corrected chi connectivity index (χ4v) is 1.20. The molecule has 2 atom stereocenters. The maximum absolute atomic E-state index is 9.81. The van der Waals surface area contributed by atoms with Gasteiger partial charge in [-0.3, -0.25) is 0 Å². The van der Waals surface area contributed by atoms with Crippen LogP contribution < -0.4 is 0 Å². The summed E-state index contributed by atoms with van der Waals surface area (Å²) in [5.41, 5.74) is 2.17. The number of rotatable bonds is 3. The van der Waals surface area contributed by atoms with Crippen LogP contribution in [0, 0.1) is 12.8 Å². The smallest absolute Gasteiger partial charge is 0.0849 e. The van der Waals surface area contributed by atoms with Gasteiger partial charge in [-0.15, -0.1) is 6.58 Å². The second kappa shape index (κ2) is 4.24. The lowest BCUT2D eigenvalue weighted by Crippen LogP contribution is -2.05. The molecule has 0 spiro atoms. The van der Waals surface area contributed by atoms with Crippen molar-refractivity contribution in [2.45, 2.75) is 20.0 Å². The van der Waals surface area contributed by atoms with E-state index < -0.39 is 6.10 Å². The highest BCUT2D eigenvalue weighted by atomic mass is 16.3. The largest absolute Gasteiger partial charge is 0.388 e. The minimum atomic E-state index is -0.432. The van der Waals surface area contributed by atoms with E-state index in [0.29, 0.717) is 0 Å². The van der Waals surface area contributed by atoms with Crippen LogP contribution in [0.4, 0.5) is 0 Å². The normalized spacial score (nSPS) is 15.0. The highest BCUT2D eigenvalue weighted by Crippen LogP contribution is 2.22. The molecule has 1 aromatic rings. The highest BCUT2D eigenvalue weighted by molar-refractivity contribution is 5.23. The second-order valence-electron chi connectivity index (χ2n) is 3.45. The van der Waals surface area contributed by atoms with E-state index in [0.717, 1.165) is 5.56 Å². The average Bonchev–Trinajstić information content (AvgIpc) is 2.17. The van der Waals surface area contributed by atoms with Gasteiger partial charge in [0, 0.05) is 5.92 Å². The summed E-state index contributed by atoms with van der Waals surface area (Å²) in [6, 6.07) is 7.93. The van der Waals surface area contributed by atoms with Crippen molar-refractivity contribution in [1.29, 1.82) is 0 Å². The Morgan fingerprint density at radius 3 is 2.31 bits per heavy atom. The molecule has 0 aliphatic carbocycles. The first kappa shape index (κ1) is 10.0. The molecule has 1 N–H and O–H groups in total. The fourth-order valence-electron chi connectivity index (χ4n) is 1.20. The van der Waals surface area contributed by atoms with Crippen molar-refractivity contribution in [3.8, 4) is 0 Å². The zero-order chi connectivity index (χ0) is 9.84. The molecule has 1 nitrogen and oxygen atoms in total. The quantitative estimate of drug-likeness (QED) is 0.702. The molecule has 0 fully saturated rings. The van der Waals surface area contributed by atoms with Gasteiger partial charge in [-0.1, -0.05) is 42.8 Å². The van der Waals surface area contributed by atoms with E-state index in [1.165, 1.54) is 5.56 Å². The van der Waals surface area contributed by atoms with Gasteiger partial charge in [0.25, 0.3) is 0 Å². The van der Waals surface area contributed by atoms with Crippen LogP contribution in [0.1, 0.15) is 24.2 Å². The number of hydrogen-bond donors (Lipinski definition) is 1. The molecule has 70 valence electrons. The summed E-state index contributed by atoms with van der Waals surface area (Å²) < 4.78 is 0. The molecular formula is C12H16O. The molecule has 0 heterocycles. The zero-order valence-electron chi connectivity index (χ0n) is 8.20. The summed E-state index contributed by atoms with van der Waals surface area (Å²) in [5.74, 6) is 0.0997. The highest BCUT2D eigenvalue weighted by Gasteiger charge is 2.12. The van der Waals surface area contributed by atoms with Crippen LogP contribution in [0.15, 0.2) is 36.9 Å². The topological polar surface area (TPSA) is 20.2 Å². The van der Waals surface area contributed by atoms with E-state index in [2.05, 4.69) is 6.58 Å². The molecule has 1 rings (SSSR count).